The summed E-state index contributed by atoms with van der Waals surface area (Å²) in [5, 5.41) is 36.4. The van der Waals surface area contributed by atoms with Crippen molar-refractivity contribution in [3.8, 4) is 0 Å². The van der Waals surface area contributed by atoms with Crippen LogP contribution in [0.15, 0.2) is 0 Å². The first-order chi connectivity index (χ1) is 6.99. The molecule has 0 fully saturated rings. The van der Waals surface area contributed by atoms with E-state index in [1.165, 1.54) is 0 Å². The Morgan fingerprint density at radius 1 is 1.47 bits per heavy atom. The standard InChI is InChI=1S/C7H16N2O6/c1-15-6(3(11)2-10)4(12)5(13)7(14)9-8/h3-6,10-13H,2,8H2,1H3,(H,9,14)/t3?,4-,5?,6-/m1/s1. The Hall–Kier alpha value is -0.770. The average Bonchev–Trinajstić information content (AvgIpc) is 2.27. The van der Waals surface area contributed by atoms with Crippen LogP contribution in [0.5, 0.6) is 0 Å². The third-order valence-electron chi connectivity index (χ3n) is 1.91. The Bertz CT molecular complexity index is 202. The monoisotopic (exact) mass is 224 g/mol. The summed E-state index contributed by atoms with van der Waals surface area (Å²) in [6.07, 6.45) is -6.24. The molecule has 4 atom stereocenters. The van der Waals surface area contributed by atoms with E-state index in [0.29, 0.717) is 0 Å². The first-order valence-corrected chi connectivity index (χ1v) is 4.17. The SMILES string of the molecule is CO[C@H](C(O)CO)[C@H](O)C(O)C(=O)NN. The van der Waals surface area contributed by atoms with Crippen molar-refractivity contribution >= 4 is 5.91 Å². The maximum absolute atomic E-state index is 10.8. The maximum atomic E-state index is 10.8. The number of carbonyl (C=O) groups excluding carboxylic acids is 1. The van der Waals surface area contributed by atoms with Gasteiger partial charge in [0.05, 0.1) is 6.61 Å². The van der Waals surface area contributed by atoms with Crippen molar-refractivity contribution in [1.82, 2.24) is 5.43 Å². The lowest BCUT2D eigenvalue weighted by atomic mass is 10.0. The molecule has 8 nitrogen and oxygen atoms in total. The fourth-order valence-corrected chi connectivity index (χ4v) is 1.05. The van der Waals surface area contributed by atoms with Crippen LogP contribution in [0.4, 0.5) is 0 Å². The maximum Gasteiger partial charge on any atom is 0.265 e. The third kappa shape index (κ3) is 3.70. The number of hydrogen-bond acceptors (Lipinski definition) is 7. The van der Waals surface area contributed by atoms with E-state index in [1.54, 1.807) is 5.43 Å². The molecule has 0 aromatic carbocycles. The number of aliphatic hydroxyl groups is 4. The van der Waals surface area contributed by atoms with Gasteiger partial charge in [0, 0.05) is 7.11 Å². The van der Waals surface area contributed by atoms with Crippen molar-refractivity contribution in [2.75, 3.05) is 13.7 Å². The van der Waals surface area contributed by atoms with Crippen molar-refractivity contribution in [2.45, 2.75) is 24.4 Å². The number of carbonyl (C=O) groups is 1. The molecule has 0 aromatic heterocycles. The molecule has 0 heterocycles. The number of aliphatic hydroxyl groups excluding tert-OH is 4. The lowest BCUT2D eigenvalue weighted by Gasteiger charge is -2.27. The molecule has 0 rings (SSSR count). The first kappa shape index (κ1) is 14.2. The van der Waals surface area contributed by atoms with Gasteiger partial charge in [-0.05, 0) is 0 Å². The predicted octanol–water partition coefficient (Wildman–Crippen LogP) is -3.93. The molecule has 8 heteroatoms. The smallest absolute Gasteiger partial charge is 0.265 e. The molecule has 0 aliphatic carbocycles. The van der Waals surface area contributed by atoms with E-state index in [9.17, 15) is 20.1 Å². The molecule has 0 saturated carbocycles. The molecule has 0 aliphatic rings. The molecular formula is C7H16N2O6. The molecule has 0 saturated heterocycles. The number of rotatable bonds is 6. The molecule has 0 spiro atoms. The number of ether oxygens (including phenoxy) is 1. The minimum Gasteiger partial charge on any atom is -0.394 e. The van der Waals surface area contributed by atoms with Gasteiger partial charge in [-0.15, -0.1) is 0 Å². The molecule has 0 aromatic rings. The van der Waals surface area contributed by atoms with E-state index >= 15 is 0 Å². The molecule has 90 valence electrons. The van der Waals surface area contributed by atoms with E-state index in [2.05, 4.69) is 4.74 Å². The number of methoxy groups -OCH3 is 1. The lowest BCUT2D eigenvalue weighted by Crippen LogP contribution is -2.53. The van der Waals surface area contributed by atoms with Gasteiger partial charge < -0.3 is 25.2 Å². The van der Waals surface area contributed by atoms with Crippen LogP contribution >= 0.6 is 0 Å². The second-order valence-corrected chi connectivity index (χ2v) is 2.89. The number of nitrogens with two attached hydrogens (primary N) is 1. The Labute approximate surface area is 86.2 Å². The fourth-order valence-electron chi connectivity index (χ4n) is 1.05. The first-order valence-electron chi connectivity index (χ1n) is 4.17. The van der Waals surface area contributed by atoms with Gasteiger partial charge in [0.15, 0.2) is 6.10 Å². The molecule has 0 bridgehead atoms. The summed E-state index contributed by atoms with van der Waals surface area (Å²) in [5.74, 6) is 3.72. The van der Waals surface area contributed by atoms with Gasteiger partial charge in [-0.3, -0.25) is 10.2 Å². The van der Waals surface area contributed by atoms with Gasteiger partial charge in [-0.25, -0.2) is 5.84 Å². The van der Waals surface area contributed by atoms with Gasteiger partial charge >= 0.3 is 0 Å². The minimum absolute atomic E-state index is 0.674. The number of nitrogens with one attached hydrogen (secondary N) is 1. The van der Waals surface area contributed by atoms with Gasteiger partial charge in [0.1, 0.15) is 18.3 Å². The van der Waals surface area contributed by atoms with Gasteiger partial charge in [-0.1, -0.05) is 0 Å². The van der Waals surface area contributed by atoms with Crippen LogP contribution in [0, 0.1) is 0 Å². The average molecular weight is 224 g/mol. The molecule has 0 aliphatic heterocycles. The number of amides is 1. The summed E-state index contributed by atoms with van der Waals surface area (Å²) >= 11 is 0. The molecule has 1 amide bonds. The van der Waals surface area contributed by atoms with Crippen LogP contribution < -0.4 is 11.3 Å². The predicted molar refractivity (Wildman–Crippen MR) is 48.2 cm³/mol. The second-order valence-electron chi connectivity index (χ2n) is 2.89. The van der Waals surface area contributed by atoms with Crippen molar-refractivity contribution in [3.63, 3.8) is 0 Å². The zero-order valence-electron chi connectivity index (χ0n) is 8.20. The molecule has 2 unspecified atom stereocenters. The highest BCUT2D eigenvalue weighted by Crippen LogP contribution is 2.08. The Morgan fingerprint density at radius 3 is 2.33 bits per heavy atom. The molecule has 7 N–H and O–H groups in total. The van der Waals surface area contributed by atoms with E-state index in [4.69, 9.17) is 10.9 Å². The zero-order valence-corrected chi connectivity index (χ0v) is 8.20. The Balaban J connectivity index is 4.49. The highest BCUT2D eigenvalue weighted by molar-refractivity contribution is 5.80. The third-order valence-corrected chi connectivity index (χ3v) is 1.91. The Morgan fingerprint density at radius 2 is 2.00 bits per heavy atom. The normalized spacial score (nSPS) is 19.1. The minimum atomic E-state index is -1.85. The molecule has 0 radical (unpaired) electrons. The largest absolute Gasteiger partial charge is 0.394 e. The van der Waals surface area contributed by atoms with Crippen LogP contribution in [-0.4, -0.2) is 64.5 Å². The van der Waals surface area contributed by atoms with E-state index < -0.39 is 36.9 Å². The van der Waals surface area contributed by atoms with Crippen molar-refractivity contribution in [3.05, 3.63) is 0 Å². The van der Waals surface area contributed by atoms with E-state index in [1.807, 2.05) is 0 Å². The number of hydrogen-bond donors (Lipinski definition) is 6. The van der Waals surface area contributed by atoms with Crippen LogP contribution in [0.1, 0.15) is 0 Å². The topological polar surface area (TPSA) is 145 Å². The lowest BCUT2D eigenvalue weighted by molar-refractivity contribution is -0.153. The van der Waals surface area contributed by atoms with Gasteiger partial charge in [0.2, 0.25) is 0 Å². The highest BCUT2D eigenvalue weighted by Gasteiger charge is 2.35. The van der Waals surface area contributed by atoms with Crippen molar-refractivity contribution in [2.24, 2.45) is 5.84 Å². The second kappa shape index (κ2) is 6.67. The summed E-state index contributed by atoms with van der Waals surface area (Å²) in [6.45, 7) is -0.674. The van der Waals surface area contributed by atoms with Crippen LogP contribution in [0.2, 0.25) is 0 Å². The summed E-state index contributed by atoms with van der Waals surface area (Å²) in [5.41, 5.74) is 1.63. The highest BCUT2D eigenvalue weighted by atomic mass is 16.5. The van der Waals surface area contributed by atoms with Crippen LogP contribution in [-0.2, 0) is 9.53 Å². The zero-order chi connectivity index (χ0) is 12.0. The van der Waals surface area contributed by atoms with Crippen molar-refractivity contribution in [1.29, 1.82) is 0 Å². The van der Waals surface area contributed by atoms with Crippen LogP contribution in [0.25, 0.3) is 0 Å². The summed E-state index contributed by atoms with van der Waals surface area (Å²) in [6, 6.07) is 0. The van der Waals surface area contributed by atoms with Gasteiger partial charge in [0.25, 0.3) is 5.91 Å². The molecular weight excluding hydrogens is 208 g/mol. The molecule has 15 heavy (non-hydrogen) atoms. The quantitative estimate of drug-likeness (QED) is 0.153. The number of hydrazine groups is 1. The van der Waals surface area contributed by atoms with Gasteiger partial charge in [-0.2, -0.15) is 0 Å². The van der Waals surface area contributed by atoms with Crippen molar-refractivity contribution < 1.29 is 30.0 Å². The fraction of sp³-hybridized carbons (Fsp3) is 0.857. The van der Waals surface area contributed by atoms with Crippen LogP contribution in [0.3, 0.4) is 0 Å². The summed E-state index contributed by atoms with van der Waals surface area (Å²) in [7, 11) is 1.15. The van der Waals surface area contributed by atoms with E-state index in [-0.39, 0.29) is 0 Å². The summed E-state index contributed by atoms with van der Waals surface area (Å²) in [4.78, 5) is 10.8. The summed E-state index contributed by atoms with van der Waals surface area (Å²) < 4.78 is 4.64. The Kier molecular flexibility index (Phi) is 6.32. The van der Waals surface area contributed by atoms with E-state index in [0.717, 1.165) is 7.11 Å².